The van der Waals surface area contributed by atoms with E-state index < -0.39 is 0 Å². The van der Waals surface area contributed by atoms with Crippen LogP contribution in [0.2, 0.25) is 0 Å². The molecule has 1 aliphatic heterocycles. The number of amides is 1. The lowest BCUT2D eigenvalue weighted by Crippen LogP contribution is -2.46. The summed E-state index contributed by atoms with van der Waals surface area (Å²) in [5.41, 5.74) is 2.12. The van der Waals surface area contributed by atoms with Crippen molar-refractivity contribution >= 4 is 33.2 Å². The number of carbonyl (C=O) groups excluding carboxylic acids is 1. The standard InChI is InChI=1S/C15H19BrN2O/c16-11-7-8-14-13(9-11)17-10-15(19)18(14)12-5-3-1-2-4-6-12/h7-9,12,17H,1-6,10H2. The predicted octanol–water partition coefficient (Wildman–Crippen LogP) is 3.93. The highest BCUT2D eigenvalue weighted by molar-refractivity contribution is 9.10. The number of benzene rings is 1. The quantitative estimate of drug-likeness (QED) is 0.794. The van der Waals surface area contributed by atoms with E-state index in [-0.39, 0.29) is 5.91 Å². The van der Waals surface area contributed by atoms with Crippen molar-refractivity contribution in [1.29, 1.82) is 0 Å². The number of carbonyl (C=O) groups is 1. The van der Waals surface area contributed by atoms with Crippen LogP contribution in [0.3, 0.4) is 0 Å². The summed E-state index contributed by atoms with van der Waals surface area (Å²) in [6.45, 7) is 0.417. The monoisotopic (exact) mass is 322 g/mol. The summed E-state index contributed by atoms with van der Waals surface area (Å²) in [6, 6.07) is 6.51. The Bertz CT molecular complexity index is 481. The molecule has 1 aromatic rings. The van der Waals surface area contributed by atoms with E-state index in [4.69, 9.17) is 0 Å². The molecule has 4 heteroatoms. The van der Waals surface area contributed by atoms with Gasteiger partial charge in [0.2, 0.25) is 5.91 Å². The zero-order chi connectivity index (χ0) is 13.2. The molecule has 1 aromatic carbocycles. The first kappa shape index (κ1) is 13.0. The van der Waals surface area contributed by atoms with E-state index in [1.807, 2.05) is 17.0 Å². The number of halogens is 1. The van der Waals surface area contributed by atoms with Crippen LogP contribution in [0, 0.1) is 0 Å². The third-order valence-electron chi connectivity index (χ3n) is 4.11. The van der Waals surface area contributed by atoms with Gasteiger partial charge < -0.3 is 10.2 Å². The molecule has 0 bridgehead atoms. The Morgan fingerprint density at radius 1 is 1.16 bits per heavy atom. The highest BCUT2D eigenvalue weighted by Gasteiger charge is 2.30. The fraction of sp³-hybridized carbons (Fsp3) is 0.533. The summed E-state index contributed by atoms with van der Waals surface area (Å²) in [5.74, 6) is 0.210. The van der Waals surface area contributed by atoms with E-state index in [1.165, 1.54) is 25.7 Å². The Morgan fingerprint density at radius 2 is 1.89 bits per heavy atom. The number of rotatable bonds is 1. The molecule has 0 unspecified atom stereocenters. The molecule has 1 fully saturated rings. The average Bonchev–Trinajstić information content (AvgIpc) is 2.68. The summed E-state index contributed by atoms with van der Waals surface area (Å²) >= 11 is 3.49. The Labute approximate surface area is 122 Å². The highest BCUT2D eigenvalue weighted by Crippen LogP contribution is 2.36. The molecule has 0 aromatic heterocycles. The highest BCUT2D eigenvalue weighted by atomic mass is 79.9. The van der Waals surface area contributed by atoms with Crippen LogP contribution in [-0.2, 0) is 4.79 Å². The van der Waals surface area contributed by atoms with Crippen LogP contribution in [0.15, 0.2) is 22.7 Å². The van der Waals surface area contributed by atoms with Crippen molar-refractivity contribution in [3.8, 4) is 0 Å². The van der Waals surface area contributed by atoms with E-state index in [9.17, 15) is 4.79 Å². The Kier molecular flexibility index (Phi) is 3.78. The first-order valence-corrected chi connectivity index (χ1v) is 7.90. The molecular weight excluding hydrogens is 304 g/mol. The van der Waals surface area contributed by atoms with E-state index >= 15 is 0 Å². The van der Waals surface area contributed by atoms with Crippen molar-refractivity contribution in [1.82, 2.24) is 0 Å². The third-order valence-corrected chi connectivity index (χ3v) is 4.60. The fourth-order valence-corrected chi connectivity index (χ4v) is 3.53. The van der Waals surface area contributed by atoms with Crippen LogP contribution >= 0.6 is 15.9 Å². The topological polar surface area (TPSA) is 32.3 Å². The van der Waals surface area contributed by atoms with Gasteiger partial charge >= 0.3 is 0 Å². The summed E-state index contributed by atoms with van der Waals surface area (Å²) in [5, 5.41) is 3.22. The number of hydrogen-bond donors (Lipinski definition) is 1. The normalized spacial score (nSPS) is 20.7. The summed E-state index contributed by atoms with van der Waals surface area (Å²) in [6.07, 6.45) is 7.39. The van der Waals surface area contributed by atoms with E-state index in [1.54, 1.807) is 0 Å². The number of nitrogens with one attached hydrogen (secondary N) is 1. The lowest BCUT2D eigenvalue weighted by Gasteiger charge is -2.36. The van der Waals surface area contributed by atoms with Gasteiger partial charge in [0.1, 0.15) is 0 Å². The summed E-state index contributed by atoms with van der Waals surface area (Å²) < 4.78 is 1.05. The average molecular weight is 323 g/mol. The third kappa shape index (κ3) is 2.64. The fourth-order valence-electron chi connectivity index (χ4n) is 3.17. The smallest absolute Gasteiger partial charge is 0.246 e. The number of fused-ring (bicyclic) bond motifs is 1. The molecule has 102 valence electrons. The lowest BCUT2D eigenvalue weighted by molar-refractivity contribution is -0.117. The first-order chi connectivity index (χ1) is 9.25. The van der Waals surface area contributed by atoms with Crippen LogP contribution < -0.4 is 10.2 Å². The molecule has 0 atom stereocenters. The van der Waals surface area contributed by atoms with Crippen LogP contribution in [0.5, 0.6) is 0 Å². The number of hydrogen-bond acceptors (Lipinski definition) is 2. The minimum absolute atomic E-state index is 0.210. The maximum absolute atomic E-state index is 12.3. The number of anilines is 2. The van der Waals surface area contributed by atoms with Crippen molar-refractivity contribution in [3.05, 3.63) is 22.7 Å². The molecule has 1 heterocycles. The molecule has 0 spiro atoms. The van der Waals surface area contributed by atoms with Gasteiger partial charge in [0, 0.05) is 10.5 Å². The van der Waals surface area contributed by atoms with Crippen molar-refractivity contribution in [3.63, 3.8) is 0 Å². The minimum atomic E-state index is 0.210. The van der Waals surface area contributed by atoms with Gasteiger partial charge in [-0.3, -0.25) is 4.79 Å². The molecule has 1 amide bonds. The van der Waals surface area contributed by atoms with Crippen molar-refractivity contribution < 1.29 is 4.79 Å². The van der Waals surface area contributed by atoms with E-state index in [2.05, 4.69) is 27.3 Å². The van der Waals surface area contributed by atoms with Gasteiger partial charge in [-0.15, -0.1) is 0 Å². The van der Waals surface area contributed by atoms with Gasteiger partial charge in [0.25, 0.3) is 0 Å². The second-order valence-corrected chi connectivity index (χ2v) is 6.34. The molecule has 2 aliphatic rings. The summed E-state index contributed by atoms with van der Waals surface area (Å²) in [7, 11) is 0. The molecule has 0 saturated heterocycles. The van der Waals surface area contributed by atoms with E-state index in [0.717, 1.165) is 28.7 Å². The molecule has 3 nitrogen and oxygen atoms in total. The van der Waals surface area contributed by atoms with Crippen LogP contribution in [0.25, 0.3) is 0 Å². The lowest BCUT2D eigenvalue weighted by atomic mass is 10.0. The van der Waals surface area contributed by atoms with E-state index in [0.29, 0.717) is 12.6 Å². The van der Waals surface area contributed by atoms with Crippen LogP contribution in [0.1, 0.15) is 38.5 Å². The second-order valence-electron chi connectivity index (χ2n) is 5.42. The second kappa shape index (κ2) is 5.53. The van der Waals surface area contributed by atoms with Gasteiger partial charge in [-0.2, -0.15) is 0 Å². The maximum Gasteiger partial charge on any atom is 0.246 e. The predicted molar refractivity (Wildman–Crippen MR) is 81.6 cm³/mol. The molecule has 19 heavy (non-hydrogen) atoms. The molecule has 3 rings (SSSR count). The van der Waals surface area contributed by atoms with Crippen molar-refractivity contribution in [2.45, 2.75) is 44.6 Å². The molecule has 1 N–H and O–H groups in total. The van der Waals surface area contributed by atoms with Gasteiger partial charge in [0.15, 0.2) is 0 Å². The Morgan fingerprint density at radius 3 is 2.63 bits per heavy atom. The van der Waals surface area contributed by atoms with Crippen LogP contribution in [-0.4, -0.2) is 18.5 Å². The molecule has 0 radical (unpaired) electrons. The number of nitrogens with zero attached hydrogens (tertiary/aromatic N) is 1. The molecule has 1 aliphatic carbocycles. The van der Waals surface area contributed by atoms with Crippen molar-refractivity contribution in [2.24, 2.45) is 0 Å². The van der Waals surface area contributed by atoms with Gasteiger partial charge in [-0.25, -0.2) is 0 Å². The van der Waals surface area contributed by atoms with Gasteiger partial charge in [0.05, 0.1) is 17.9 Å². The minimum Gasteiger partial charge on any atom is -0.374 e. The molecular formula is C15H19BrN2O. The molecule has 1 saturated carbocycles. The maximum atomic E-state index is 12.3. The largest absolute Gasteiger partial charge is 0.374 e. The summed E-state index contributed by atoms with van der Waals surface area (Å²) in [4.78, 5) is 14.4. The van der Waals surface area contributed by atoms with Gasteiger partial charge in [-0.05, 0) is 31.0 Å². The SMILES string of the molecule is O=C1CNc2cc(Br)ccc2N1C1CCCCCC1. The Balaban J connectivity index is 1.93. The zero-order valence-corrected chi connectivity index (χ0v) is 12.6. The Hall–Kier alpha value is -1.03. The zero-order valence-electron chi connectivity index (χ0n) is 11.0. The van der Waals surface area contributed by atoms with Crippen LogP contribution in [0.4, 0.5) is 11.4 Å². The van der Waals surface area contributed by atoms with Gasteiger partial charge in [-0.1, -0.05) is 41.6 Å². The van der Waals surface area contributed by atoms with Crippen molar-refractivity contribution in [2.75, 3.05) is 16.8 Å². The first-order valence-electron chi connectivity index (χ1n) is 7.11.